The number of halogens is 1. The molecule has 1 atom stereocenters. The Hall–Kier alpha value is -2.18. The predicted molar refractivity (Wildman–Crippen MR) is 90.8 cm³/mol. The van der Waals surface area contributed by atoms with Gasteiger partial charge in [0.05, 0.1) is 22.9 Å². The summed E-state index contributed by atoms with van der Waals surface area (Å²) in [5.74, 6) is -0.157. The number of hydrogen-bond acceptors (Lipinski definition) is 4. The van der Waals surface area contributed by atoms with Crippen molar-refractivity contribution in [3.05, 3.63) is 68.9 Å². The molecule has 0 aliphatic heterocycles. The summed E-state index contributed by atoms with van der Waals surface area (Å²) < 4.78 is 1.71. The lowest BCUT2D eigenvalue weighted by molar-refractivity contribution is 0.0945. The number of thiazole rings is 1. The van der Waals surface area contributed by atoms with Gasteiger partial charge in [0.15, 0.2) is 0 Å². The summed E-state index contributed by atoms with van der Waals surface area (Å²) in [5, 5.41) is 8.11. The Bertz CT molecular complexity index is 825. The van der Waals surface area contributed by atoms with E-state index in [1.54, 1.807) is 22.3 Å². The maximum atomic E-state index is 12.6. The normalized spacial score (nSPS) is 12.1. The SMILES string of the molecule is Cc1ncsc1C(=O)NC(c1ccc(Cl)cc1)c1ccn(C)n1. The van der Waals surface area contributed by atoms with Crippen molar-refractivity contribution in [2.75, 3.05) is 0 Å². The molecule has 23 heavy (non-hydrogen) atoms. The number of carbonyl (C=O) groups excluding carboxylic acids is 1. The Balaban J connectivity index is 1.94. The fraction of sp³-hybridized carbons (Fsp3) is 0.188. The van der Waals surface area contributed by atoms with E-state index < -0.39 is 0 Å². The lowest BCUT2D eigenvalue weighted by Gasteiger charge is -2.17. The van der Waals surface area contributed by atoms with E-state index in [-0.39, 0.29) is 11.9 Å². The molecule has 0 fully saturated rings. The number of nitrogens with zero attached hydrogens (tertiary/aromatic N) is 3. The topological polar surface area (TPSA) is 59.8 Å². The van der Waals surface area contributed by atoms with Crippen LogP contribution >= 0.6 is 22.9 Å². The van der Waals surface area contributed by atoms with Crippen molar-refractivity contribution in [3.63, 3.8) is 0 Å². The first-order valence-corrected chi connectivity index (χ1v) is 8.26. The van der Waals surface area contributed by atoms with Gasteiger partial charge in [-0.1, -0.05) is 23.7 Å². The van der Waals surface area contributed by atoms with Crippen LogP contribution in [0, 0.1) is 6.92 Å². The molecule has 0 radical (unpaired) electrons. The Morgan fingerprint density at radius 3 is 2.61 bits per heavy atom. The van der Waals surface area contributed by atoms with Gasteiger partial charge < -0.3 is 5.32 Å². The average Bonchev–Trinajstić information content (AvgIpc) is 3.14. The molecule has 0 aliphatic rings. The van der Waals surface area contributed by atoms with E-state index in [1.807, 2.05) is 38.4 Å². The van der Waals surface area contributed by atoms with Gasteiger partial charge >= 0.3 is 0 Å². The lowest BCUT2D eigenvalue weighted by atomic mass is 10.0. The minimum absolute atomic E-state index is 0.157. The molecule has 1 amide bonds. The summed E-state index contributed by atoms with van der Waals surface area (Å²) >= 11 is 7.29. The Kier molecular flexibility index (Phi) is 4.45. The highest BCUT2D eigenvalue weighted by Crippen LogP contribution is 2.24. The predicted octanol–water partition coefficient (Wildman–Crippen LogP) is 3.36. The van der Waals surface area contributed by atoms with Crippen LogP contribution in [0.1, 0.15) is 32.7 Å². The smallest absolute Gasteiger partial charge is 0.264 e. The standard InChI is InChI=1S/C16H15ClN4OS/c1-10-15(23-9-18-10)16(22)19-14(13-7-8-21(2)20-13)11-3-5-12(17)6-4-11/h3-9,14H,1-2H3,(H,19,22). The maximum absolute atomic E-state index is 12.6. The van der Waals surface area contributed by atoms with Crippen molar-refractivity contribution in [2.24, 2.45) is 7.05 Å². The van der Waals surface area contributed by atoms with Crippen LogP contribution in [0.15, 0.2) is 42.0 Å². The monoisotopic (exact) mass is 346 g/mol. The molecular weight excluding hydrogens is 332 g/mol. The van der Waals surface area contributed by atoms with Gasteiger partial charge in [-0.15, -0.1) is 11.3 Å². The van der Waals surface area contributed by atoms with Gasteiger partial charge in [0.2, 0.25) is 0 Å². The summed E-state index contributed by atoms with van der Waals surface area (Å²) in [6, 6.07) is 8.93. The second-order valence-corrected chi connectivity index (χ2v) is 6.43. The average molecular weight is 347 g/mol. The number of aryl methyl sites for hydroxylation is 2. The van der Waals surface area contributed by atoms with E-state index in [2.05, 4.69) is 15.4 Å². The van der Waals surface area contributed by atoms with Crippen LogP contribution in [0.2, 0.25) is 5.02 Å². The maximum Gasteiger partial charge on any atom is 0.264 e. The van der Waals surface area contributed by atoms with E-state index in [0.717, 1.165) is 17.0 Å². The summed E-state index contributed by atoms with van der Waals surface area (Å²) in [6.45, 7) is 1.82. The van der Waals surface area contributed by atoms with Gasteiger partial charge in [-0.3, -0.25) is 9.48 Å². The van der Waals surface area contributed by atoms with Crippen LogP contribution in [-0.2, 0) is 7.05 Å². The quantitative estimate of drug-likeness (QED) is 0.788. The number of rotatable bonds is 4. The zero-order valence-corrected chi connectivity index (χ0v) is 14.2. The van der Waals surface area contributed by atoms with Gasteiger partial charge in [-0.05, 0) is 30.7 Å². The highest BCUT2D eigenvalue weighted by molar-refractivity contribution is 7.11. The molecule has 2 heterocycles. The molecule has 1 unspecified atom stereocenters. The third-order valence-corrected chi connectivity index (χ3v) is 4.64. The molecule has 0 spiro atoms. The van der Waals surface area contributed by atoms with E-state index in [9.17, 15) is 4.79 Å². The third-order valence-electron chi connectivity index (χ3n) is 3.46. The number of nitrogens with one attached hydrogen (secondary N) is 1. The van der Waals surface area contributed by atoms with Crippen molar-refractivity contribution in [2.45, 2.75) is 13.0 Å². The lowest BCUT2D eigenvalue weighted by Crippen LogP contribution is -2.29. The third kappa shape index (κ3) is 3.43. The Labute approximate surface area is 142 Å². The molecule has 2 aromatic heterocycles. The van der Waals surface area contributed by atoms with E-state index in [4.69, 9.17) is 11.6 Å². The Morgan fingerprint density at radius 1 is 1.30 bits per heavy atom. The van der Waals surface area contributed by atoms with Gasteiger partial charge in [-0.2, -0.15) is 5.10 Å². The molecule has 0 aliphatic carbocycles. The van der Waals surface area contributed by atoms with Crippen molar-refractivity contribution in [1.29, 1.82) is 0 Å². The summed E-state index contributed by atoms with van der Waals surface area (Å²) in [7, 11) is 1.84. The highest BCUT2D eigenvalue weighted by atomic mass is 35.5. The molecule has 118 valence electrons. The number of amides is 1. The molecular formula is C16H15ClN4OS. The minimum Gasteiger partial charge on any atom is -0.339 e. The van der Waals surface area contributed by atoms with Crippen molar-refractivity contribution >= 4 is 28.8 Å². The fourth-order valence-corrected chi connectivity index (χ4v) is 3.12. The molecule has 1 aromatic carbocycles. The summed E-state index contributed by atoms with van der Waals surface area (Å²) in [4.78, 5) is 17.3. The molecule has 3 rings (SSSR count). The van der Waals surface area contributed by atoms with Crippen LogP contribution in [-0.4, -0.2) is 20.7 Å². The van der Waals surface area contributed by atoms with Crippen molar-refractivity contribution in [1.82, 2.24) is 20.1 Å². The van der Waals surface area contributed by atoms with Crippen LogP contribution in [0.5, 0.6) is 0 Å². The number of aromatic nitrogens is 3. The fourth-order valence-electron chi connectivity index (χ4n) is 2.29. The zero-order valence-electron chi connectivity index (χ0n) is 12.7. The van der Waals surface area contributed by atoms with E-state index >= 15 is 0 Å². The number of carbonyl (C=O) groups is 1. The Morgan fingerprint density at radius 2 is 2.04 bits per heavy atom. The molecule has 3 aromatic rings. The number of hydrogen-bond donors (Lipinski definition) is 1. The molecule has 1 N–H and O–H groups in total. The van der Waals surface area contributed by atoms with Crippen LogP contribution in [0.4, 0.5) is 0 Å². The minimum atomic E-state index is -0.345. The van der Waals surface area contributed by atoms with E-state index in [0.29, 0.717) is 9.90 Å². The van der Waals surface area contributed by atoms with Crippen LogP contribution in [0.3, 0.4) is 0 Å². The first kappa shape index (κ1) is 15.7. The molecule has 0 saturated carbocycles. The largest absolute Gasteiger partial charge is 0.339 e. The second-order valence-electron chi connectivity index (χ2n) is 5.14. The molecule has 7 heteroatoms. The van der Waals surface area contributed by atoms with Crippen LogP contribution < -0.4 is 5.32 Å². The van der Waals surface area contributed by atoms with E-state index in [1.165, 1.54) is 11.3 Å². The zero-order chi connectivity index (χ0) is 16.4. The first-order valence-electron chi connectivity index (χ1n) is 7.00. The van der Waals surface area contributed by atoms with Gasteiger partial charge in [0.1, 0.15) is 4.88 Å². The molecule has 5 nitrogen and oxygen atoms in total. The highest BCUT2D eigenvalue weighted by Gasteiger charge is 2.22. The van der Waals surface area contributed by atoms with Gasteiger partial charge in [0, 0.05) is 18.3 Å². The molecule has 0 bridgehead atoms. The summed E-state index contributed by atoms with van der Waals surface area (Å²) in [6.07, 6.45) is 1.85. The number of benzene rings is 1. The van der Waals surface area contributed by atoms with Gasteiger partial charge in [0.25, 0.3) is 5.91 Å². The second kappa shape index (κ2) is 6.52. The first-order chi connectivity index (χ1) is 11.0. The van der Waals surface area contributed by atoms with Crippen LogP contribution in [0.25, 0.3) is 0 Å². The summed E-state index contributed by atoms with van der Waals surface area (Å²) in [5.41, 5.74) is 4.08. The molecule has 0 saturated heterocycles. The van der Waals surface area contributed by atoms with Gasteiger partial charge in [-0.25, -0.2) is 4.98 Å². The van der Waals surface area contributed by atoms with Crippen molar-refractivity contribution < 1.29 is 4.79 Å². The van der Waals surface area contributed by atoms with Crippen molar-refractivity contribution in [3.8, 4) is 0 Å².